The third-order valence-corrected chi connectivity index (χ3v) is 5.94. The summed E-state index contributed by atoms with van der Waals surface area (Å²) in [6, 6.07) is 10.1. The zero-order valence-electron chi connectivity index (χ0n) is 16.6. The van der Waals surface area contributed by atoms with Gasteiger partial charge in [-0.2, -0.15) is 0 Å². The van der Waals surface area contributed by atoms with E-state index < -0.39 is 10.0 Å². The fourth-order valence-electron chi connectivity index (χ4n) is 2.71. The first-order valence-corrected chi connectivity index (χ1v) is 12.2. The third kappa shape index (κ3) is 5.46. The molecule has 0 radical (unpaired) electrons. The van der Waals surface area contributed by atoms with E-state index in [2.05, 4.69) is 30.3 Å². The van der Waals surface area contributed by atoms with Gasteiger partial charge < -0.3 is 5.32 Å². The second-order valence-corrected chi connectivity index (χ2v) is 9.87. The lowest BCUT2D eigenvalue weighted by Gasteiger charge is -2.04. The van der Waals surface area contributed by atoms with Gasteiger partial charge in [0.1, 0.15) is 15.6 Å². The Morgan fingerprint density at radius 1 is 1.22 bits per heavy atom. The smallest absolute Gasteiger partial charge is 0.263 e. The molecule has 3 heterocycles. The maximum absolute atomic E-state index is 12.5. The molecule has 3 aromatic heterocycles. The molecular weight excluding hydrogens is 474 g/mol. The standard InChI is InChI=1S/C19H16ClN7O3S2/c1-32(29,30)25-14-4-2-3-12(7-14)19-23-10-16(31-19)18(28)22-9-15-11-27(26-24-15)17-8-13(20)5-6-21-17/h2-8,10-11,25H,9H2,1H3,(H,22,28). The molecule has 0 fully saturated rings. The second-order valence-electron chi connectivity index (χ2n) is 6.65. The highest BCUT2D eigenvalue weighted by Gasteiger charge is 2.13. The van der Waals surface area contributed by atoms with Gasteiger partial charge >= 0.3 is 0 Å². The van der Waals surface area contributed by atoms with Crippen LogP contribution in [-0.4, -0.2) is 45.5 Å². The number of benzene rings is 1. The molecule has 164 valence electrons. The van der Waals surface area contributed by atoms with Gasteiger partial charge in [0.2, 0.25) is 10.0 Å². The van der Waals surface area contributed by atoms with E-state index in [4.69, 9.17) is 11.6 Å². The molecule has 1 aromatic carbocycles. The van der Waals surface area contributed by atoms with Gasteiger partial charge in [0.25, 0.3) is 5.91 Å². The molecule has 32 heavy (non-hydrogen) atoms. The summed E-state index contributed by atoms with van der Waals surface area (Å²) in [6.45, 7) is 0.167. The van der Waals surface area contributed by atoms with Crippen molar-refractivity contribution in [3.63, 3.8) is 0 Å². The monoisotopic (exact) mass is 489 g/mol. The van der Waals surface area contributed by atoms with Crippen LogP contribution in [0.15, 0.2) is 55.0 Å². The fraction of sp³-hybridized carbons (Fsp3) is 0.105. The van der Waals surface area contributed by atoms with Crippen LogP contribution in [0.3, 0.4) is 0 Å². The SMILES string of the molecule is CS(=O)(=O)Nc1cccc(-c2ncc(C(=O)NCc3cn(-c4cc(Cl)ccn4)nn3)s2)c1. The van der Waals surface area contributed by atoms with Crippen LogP contribution in [0.25, 0.3) is 16.4 Å². The molecule has 10 nitrogen and oxygen atoms in total. The summed E-state index contributed by atoms with van der Waals surface area (Å²) in [5, 5.41) is 11.9. The molecule has 13 heteroatoms. The number of halogens is 1. The summed E-state index contributed by atoms with van der Waals surface area (Å²) >= 11 is 7.15. The molecular formula is C19H16ClN7O3S2. The molecule has 1 amide bonds. The van der Waals surface area contributed by atoms with Crippen molar-refractivity contribution in [3.8, 4) is 16.4 Å². The van der Waals surface area contributed by atoms with Crippen LogP contribution in [0.5, 0.6) is 0 Å². The summed E-state index contributed by atoms with van der Waals surface area (Å²) in [4.78, 5) is 21.4. The van der Waals surface area contributed by atoms with Crippen LogP contribution in [0.1, 0.15) is 15.4 Å². The fourth-order valence-corrected chi connectivity index (χ4v) is 4.25. The summed E-state index contributed by atoms with van der Waals surface area (Å²) in [7, 11) is -3.39. The van der Waals surface area contributed by atoms with Gasteiger partial charge in [0, 0.05) is 28.5 Å². The van der Waals surface area contributed by atoms with Gasteiger partial charge in [-0.3, -0.25) is 9.52 Å². The molecule has 2 N–H and O–H groups in total. The summed E-state index contributed by atoms with van der Waals surface area (Å²) < 4.78 is 26.7. The Hall–Kier alpha value is -3.35. The lowest BCUT2D eigenvalue weighted by molar-refractivity contribution is 0.0954. The van der Waals surface area contributed by atoms with Gasteiger partial charge in [-0.25, -0.2) is 23.1 Å². The van der Waals surface area contributed by atoms with Gasteiger partial charge in [-0.1, -0.05) is 28.9 Å². The van der Waals surface area contributed by atoms with Crippen molar-refractivity contribution in [1.29, 1.82) is 0 Å². The van der Waals surface area contributed by atoms with Crippen LogP contribution >= 0.6 is 22.9 Å². The summed E-state index contributed by atoms with van der Waals surface area (Å²) in [5.74, 6) is 0.205. The van der Waals surface area contributed by atoms with E-state index >= 15 is 0 Å². The first kappa shape index (κ1) is 21.9. The molecule has 0 atom stereocenters. The first-order valence-electron chi connectivity index (χ1n) is 9.12. The minimum Gasteiger partial charge on any atom is -0.346 e. The molecule has 0 spiro atoms. The molecule has 0 saturated carbocycles. The normalized spacial score (nSPS) is 11.3. The number of sulfonamides is 1. The predicted octanol–water partition coefficient (Wildman–Crippen LogP) is 2.74. The number of nitrogens with zero attached hydrogens (tertiary/aromatic N) is 5. The molecule has 4 aromatic rings. The van der Waals surface area contributed by atoms with E-state index in [1.807, 2.05) is 0 Å². The van der Waals surface area contributed by atoms with Crippen molar-refractivity contribution in [3.05, 3.63) is 70.6 Å². The lowest BCUT2D eigenvalue weighted by Crippen LogP contribution is -2.22. The lowest BCUT2D eigenvalue weighted by atomic mass is 10.2. The number of amides is 1. The summed E-state index contributed by atoms with van der Waals surface area (Å²) in [5.41, 5.74) is 1.66. The minimum atomic E-state index is -3.39. The van der Waals surface area contributed by atoms with E-state index in [1.54, 1.807) is 48.8 Å². The second kappa shape index (κ2) is 9.02. The van der Waals surface area contributed by atoms with E-state index in [1.165, 1.54) is 22.2 Å². The zero-order valence-corrected chi connectivity index (χ0v) is 18.9. The van der Waals surface area contributed by atoms with Crippen LogP contribution in [-0.2, 0) is 16.6 Å². The Kier molecular flexibility index (Phi) is 6.17. The number of nitrogens with one attached hydrogen (secondary N) is 2. The van der Waals surface area contributed by atoms with Gasteiger partial charge in [-0.15, -0.1) is 16.4 Å². The largest absolute Gasteiger partial charge is 0.346 e. The minimum absolute atomic E-state index is 0.167. The molecule has 0 unspecified atom stereocenters. The number of pyridine rings is 1. The third-order valence-electron chi connectivity index (χ3n) is 4.06. The maximum Gasteiger partial charge on any atom is 0.263 e. The van der Waals surface area contributed by atoms with Gasteiger partial charge in [-0.05, 0) is 18.2 Å². The van der Waals surface area contributed by atoms with Crippen LogP contribution in [0, 0.1) is 0 Å². The number of anilines is 1. The number of rotatable bonds is 7. The average molecular weight is 490 g/mol. The topological polar surface area (TPSA) is 132 Å². The highest BCUT2D eigenvalue weighted by Crippen LogP contribution is 2.27. The van der Waals surface area contributed by atoms with Crippen LogP contribution < -0.4 is 10.0 Å². The van der Waals surface area contributed by atoms with E-state index in [0.29, 0.717) is 37.7 Å². The number of aromatic nitrogens is 5. The van der Waals surface area contributed by atoms with E-state index in [-0.39, 0.29) is 12.5 Å². The number of hydrogen-bond donors (Lipinski definition) is 2. The van der Waals surface area contributed by atoms with E-state index in [9.17, 15) is 13.2 Å². The van der Waals surface area contributed by atoms with Gasteiger partial charge in [0.05, 0.1) is 25.2 Å². The Morgan fingerprint density at radius 3 is 2.84 bits per heavy atom. The predicted molar refractivity (Wildman–Crippen MR) is 121 cm³/mol. The molecule has 0 aliphatic rings. The Morgan fingerprint density at radius 2 is 2.06 bits per heavy atom. The van der Waals surface area contributed by atoms with Crippen LogP contribution in [0.4, 0.5) is 5.69 Å². The van der Waals surface area contributed by atoms with Crippen molar-refractivity contribution in [2.75, 3.05) is 11.0 Å². The first-order chi connectivity index (χ1) is 15.3. The number of carbonyl (C=O) groups is 1. The maximum atomic E-state index is 12.5. The average Bonchev–Trinajstić information content (AvgIpc) is 3.41. The van der Waals surface area contributed by atoms with Crippen molar-refractivity contribution in [2.24, 2.45) is 0 Å². The van der Waals surface area contributed by atoms with Crippen LogP contribution in [0.2, 0.25) is 5.02 Å². The number of thiazole rings is 1. The molecule has 4 rings (SSSR count). The quantitative estimate of drug-likeness (QED) is 0.408. The Labute approximate surface area is 192 Å². The summed E-state index contributed by atoms with van der Waals surface area (Å²) in [6.07, 6.45) is 5.76. The highest BCUT2D eigenvalue weighted by molar-refractivity contribution is 7.92. The molecule has 0 aliphatic heterocycles. The Balaban J connectivity index is 1.41. The van der Waals surface area contributed by atoms with Crippen molar-refractivity contribution >= 4 is 44.6 Å². The van der Waals surface area contributed by atoms with Gasteiger partial charge in [0.15, 0.2) is 5.82 Å². The number of carbonyl (C=O) groups excluding carboxylic acids is 1. The molecule has 0 bridgehead atoms. The Bertz CT molecular complexity index is 1380. The highest BCUT2D eigenvalue weighted by atomic mass is 35.5. The van der Waals surface area contributed by atoms with Crippen molar-refractivity contribution in [1.82, 2.24) is 30.3 Å². The van der Waals surface area contributed by atoms with Crippen molar-refractivity contribution in [2.45, 2.75) is 6.54 Å². The molecule has 0 aliphatic carbocycles. The molecule has 0 saturated heterocycles. The number of hydrogen-bond acceptors (Lipinski definition) is 8. The zero-order chi connectivity index (χ0) is 22.7. The van der Waals surface area contributed by atoms with E-state index in [0.717, 1.165) is 6.26 Å². The van der Waals surface area contributed by atoms with Crippen molar-refractivity contribution < 1.29 is 13.2 Å².